The number of hydrogen-bond acceptors (Lipinski definition) is 3. The van der Waals surface area contributed by atoms with Crippen molar-refractivity contribution in [3.63, 3.8) is 0 Å². The second-order valence-corrected chi connectivity index (χ2v) is 7.06. The number of rotatable bonds is 6. The van der Waals surface area contributed by atoms with E-state index in [-0.39, 0.29) is 11.8 Å². The number of hydrogen-bond donors (Lipinski definition) is 2. The van der Waals surface area contributed by atoms with Crippen LogP contribution in [-0.4, -0.2) is 43.0 Å². The summed E-state index contributed by atoms with van der Waals surface area (Å²) >= 11 is 0. The molecule has 1 aromatic rings. The Balaban J connectivity index is 1.51. The lowest BCUT2D eigenvalue weighted by Crippen LogP contribution is -2.52. The summed E-state index contributed by atoms with van der Waals surface area (Å²) in [6.45, 7) is 6.94. The molecule has 126 valence electrons. The summed E-state index contributed by atoms with van der Waals surface area (Å²) in [5.41, 5.74) is 1.36. The Morgan fingerprint density at radius 2 is 2.09 bits per heavy atom. The molecular formula is C19H29N3O. The van der Waals surface area contributed by atoms with Crippen molar-refractivity contribution in [3.05, 3.63) is 35.9 Å². The fourth-order valence-corrected chi connectivity index (χ4v) is 3.58. The molecule has 1 aromatic carbocycles. The molecule has 23 heavy (non-hydrogen) atoms. The normalized spacial score (nSPS) is 24.0. The fraction of sp³-hybridized carbons (Fsp3) is 0.632. The van der Waals surface area contributed by atoms with Gasteiger partial charge in [-0.1, -0.05) is 43.7 Å². The van der Waals surface area contributed by atoms with Crippen LogP contribution in [0.3, 0.4) is 0 Å². The average Bonchev–Trinajstić information content (AvgIpc) is 2.53. The van der Waals surface area contributed by atoms with E-state index in [1.165, 1.54) is 24.8 Å². The van der Waals surface area contributed by atoms with Gasteiger partial charge in [-0.05, 0) is 44.0 Å². The van der Waals surface area contributed by atoms with Gasteiger partial charge in [0.2, 0.25) is 5.91 Å². The van der Waals surface area contributed by atoms with Crippen molar-refractivity contribution in [2.45, 2.75) is 38.8 Å². The number of carbonyl (C=O) groups is 1. The Kier molecular flexibility index (Phi) is 5.68. The number of nitrogens with one attached hydrogen (secondary N) is 2. The molecule has 1 amide bonds. The van der Waals surface area contributed by atoms with E-state index in [4.69, 9.17) is 0 Å². The van der Waals surface area contributed by atoms with Gasteiger partial charge in [-0.3, -0.25) is 9.69 Å². The van der Waals surface area contributed by atoms with Crippen LogP contribution in [0.2, 0.25) is 0 Å². The lowest BCUT2D eigenvalue weighted by atomic mass is 9.88. The Morgan fingerprint density at radius 3 is 2.78 bits per heavy atom. The fourth-order valence-electron chi connectivity index (χ4n) is 3.58. The number of piperidine rings is 1. The summed E-state index contributed by atoms with van der Waals surface area (Å²) in [7, 11) is 0. The molecule has 2 heterocycles. The van der Waals surface area contributed by atoms with Gasteiger partial charge in [-0.25, -0.2) is 0 Å². The van der Waals surface area contributed by atoms with E-state index in [0.29, 0.717) is 12.0 Å². The van der Waals surface area contributed by atoms with E-state index in [1.807, 2.05) is 0 Å². The number of likely N-dealkylation sites (tertiary alicyclic amines) is 1. The van der Waals surface area contributed by atoms with Crippen LogP contribution in [0.4, 0.5) is 0 Å². The molecule has 2 aliphatic heterocycles. The monoisotopic (exact) mass is 315 g/mol. The molecule has 2 unspecified atom stereocenters. The molecule has 2 N–H and O–H groups in total. The first-order valence-electron chi connectivity index (χ1n) is 9.00. The van der Waals surface area contributed by atoms with Crippen LogP contribution in [0.25, 0.3) is 0 Å². The van der Waals surface area contributed by atoms with E-state index in [9.17, 15) is 4.79 Å². The number of nitrogens with zero attached hydrogens (tertiary/aromatic N) is 1. The number of benzene rings is 1. The maximum Gasteiger partial charge on any atom is 0.223 e. The highest BCUT2D eigenvalue weighted by molar-refractivity contribution is 5.78. The Hall–Kier alpha value is -1.39. The van der Waals surface area contributed by atoms with Crippen LogP contribution in [-0.2, 0) is 11.3 Å². The van der Waals surface area contributed by atoms with Crippen molar-refractivity contribution < 1.29 is 4.79 Å². The summed E-state index contributed by atoms with van der Waals surface area (Å²) in [6, 6.07) is 11.1. The minimum atomic E-state index is 0.127. The van der Waals surface area contributed by atoms with Crippen molar-refractivity contribution in [1.29, 1.82) is 0 Å². The van der Waals surface area contributed by atoms with E-state index in [0.717, 1.165) is 32.7 Å². The first kappa shape index (κ1) is 16.5. The third kappa shape index (κ3) is 4.33. The molecule has 0 bridgehead atoms. The molecule has 2 aliphatic rings. The van der Waals surface area contributed by atoms with Gasteiger partial charge in [-0.15, -0.1) is 0 Å². The third-order valence-corrected chi connectivity index (χ3v) is 5.42. The highest BCUT2D eigenvalue weighted by Gasteiger charge is 2.29. The zero-order chi connectivity index (χ0) is 16.1. The molecule has 2 fully saturated rings. The molecule has 0 aromatic heterocycles. The first-order chi connectivity index (χ1) is 11.2. The first-order valence-corrected chi connectivity index (χ1v) is 9.00. The largest absolute Gasteiger partial charge is 0.354 e. The zero-order valence-corrected chi connectivity index (χ0v) is 14.1. The van der Waals surface area contributed by atoms with E-state index in [2.05, 4.69) is 52.8 Å². The maximum atomic E-state index is 12.3. The second-order valence-electron chi connectivity index (χ2n) is 7.06. The van der Waals surface area contributed by atoms with Gasteiger partial charge < -0.3 is 10.6 Å². The number of carbonyl (C=O) groups excluding carboxylic acids is 1. The standard InChI is InChI=1S/C19H29N3O/c1-15(17-11-20-12-17)19(23)21-13-18-9-5-6-10-22(18)14-16-7-3-2-4-8-16/h2-4,7-8,15,17-18,20H,5-6,9-14H2,1H3,(H,21,23). The highest BCUT2D eigenvalue weighted by atomic mass is 16.1. The van der Waals surface area contributed by atoms with E-state index < -0.39 is 0 Å². The predicted octanol–water partition coefficient (Wildman–Crippen LogP) is 2.01. The lowest BCUT2D eigenvalue weighted by molar-refractivity contribution is -0.127. The Labute approximate surface area is 139 Å². The predicted molar refractivity (Wildman–Crippen MR) is 93.0 cm³/mol. The van der Waals surface area contributed by atoms with Gasteiger partial charge in [0.05, 0.1) is 0 Å². The quantitative estimate of drug-likeness (QED) is 0.844. The summed E-state index contributed by atoms with van der Waals surface area (Å²) in [6.07, 6.45) is 3.72. The maximum absolute atomic E-state index is 12.3. The van der Waals surface area contributed by atoms with Crippen molar-refractivity contribution in [1.82, 2.24) is 15.5 Å². The zero-order valence-electron chi connectivity index (χ0n) is 14.1. The number of amides is 1. The smallest absolute Gasteiger partial charge is 0.223 e. The van der Waals surface area contributed by atoms with E-state index in [1.54, 1.807) is 0 Å². The van der Waals surface area contributed by atoms with E-state index >= 15 is 0 Å². The lowest BCUT2D eigenvalue weighted by Gasteiger charge is -2.37. The molecule has 2 atom stereocenters. The molecule has 3 rings (SSSR count). The molecule has 0 spiro atoms. The van der Waals surface area contributed by atoms with Crippen molar-refractivity contribution in [2.75, 3.05) is 26.2 Å². The molecule has 4 heteroatoms. The van der Waals surface area contributed by atoms with Gasteiger partial charge in [0.1, 0.15) is 0 Å². The van der Waals surface area contributed by atoms with Crippen LogP contribution in [0.1, 0.15) is 31.7 Å². The SMILES string of the molecule is CC(C(=O)NCC1CCCCN1Cc1ccccc1)C1CNC1. The Morgan fingerprint density at radius 1 is 1.30 bits per heavy atom. The van der Waals surface area contributed by atoms with Gasteiger partial charge in [0, 0.05) is 25.0 Å². The molecule has 4 nitrogen and oxygen atoms in total. The van der Waals surface area contributed by atoms with Crippen LogP contribution < -0.4 is 10.6 Å². The van der Waals surface area contributed by atoms with Gasteiger partial charge in [0.15, 0.2) is 0 Å². The van der Waals surface area contributed by atoms with Crippen molar-refractivity contribution in [3.8, 4) is 0 Å². The Bertz CT molecular complexity index is 501. The molecule has 0 saturated carbocycles. The molecular weight excluding hydrogens is 286 g/mol. The minimum Gasteiger partial charge on any atom is -0.354 e. The summed E-state index contributed by atoms with van der Waals surface area (Å²) < 4.78 is 0. The van der Waals surface area contributed by atoms with Crippen LogP contribution in [0.5, 0.6) is 0 Å². The van der Waals surface area contributed by atoms with Crippen LogP contribution in [0.15, 0.2) is 30.3 Å². The van der Waals surface area contributed by atoms with Gasteiger partial charge in [-0.2, -0.15) is 0 Å². The topological polar surface area (TPSA) is 44.4 Å². The summed E-state index contributed by atoms with van der Waals surface area (Å²) in [5.74, 6) is 0.867. The van der Waals surface area contributed by atoms with Gasteiger partial charge in [0.25, 0.3) is 0 Å². The van der Waals surface area contributed by atoms with Crippen molar-refractivity contribution in [2.24, 2.45) is 11.8 Å². The second kappa shape index (κ2) is 7.93. The van der Waals surface area contributed by atoms with Gasteiger partial charge >= 0.3 is 0 Å². The molecule has 0 aliphatic carbocycles. The minimum absolute atomic E-state index is 0.127. The van der Waals surface area contributed by atoms with Crippen molar-refractivity contribution >= 4 is 5.91 Å². The highest BCUT2D eigenvalue weighted by Crippen LogP contribution is 2.20. The summed E-state index contributed by atoms with van der Waals surface area (Å²) in [4.78, 5) is 14.9. The molecule has 0 radical (unpaired) electrons. The van der Waals surface area contributed by atoms with Crippen LogP contribution in [0, 0.1) is 11.8 Å². The third-order valence-electron chi connectivity index (χ3n) is 5.42. The molecule has 2 saturated heterocycles. The van der Waals surface area contributed by atoms with Crippen LogP contribution >= 0.6 is 0 Å². The average molecular weight is 315 g/mol. The summed E-state index contributed by atoms with van der Waals surface area (Å²) in [5, 5.41) is 6.46.